The molecule has 1 aliphatic carbocycles. The van der Waals surface area contributed by atoms with E-state index in [1.54, 1.807) is 0 Å². The maximum Gasteiger partial charge on any atom is 0.261 e. The third-order valence-corrected chi connectivity index (χ3v) is 4.36. The summed E-state index contributed by atoms with van der Waals surface area (Å²) in [6, 6.07) is 0.170. The van der Waals surface area contributed by atoms with Gasteiger partial charge in [-0.3, -0.25) is 4.79 Å². The monoisotopic (exact) mass is 290 g/mol. The maximum atomic E-state index is 12.1. The number of hydrogen-bond donors (Lipinski definition) is 3. The fourth-order valence-corrected chi connectivity index (χ4v) is 2.89. The molecule has 0 spiro atoms. The van der Waals surface area contributed by atoms with Gasteiger partial charge in [-0.25, -0.2) is 4.98 Å². The van der Waals surface area contributed by atoms with Crippen LogP contribution in [-0.4, -0.2) is 35.4 Å². The molecule has 2 heterocycles. The maximum absolute atomic E-state index is 12.1. The highest BCUT2D eigenvalue weighted by Gasteiger charge is 2.21. The van der Waals surface area contributed by atoms with Crippen LogP contribution in [0.25, 0.3) is 0 Å². The predicted octanol–water partition coefficient (Wildman–Crippen LogP) is 1.70. The first-order valence-corrected chi connectivity index (χ1v) is 7.74. The Morgan fingerprint density at radius 2 is 2.24 bits per heavy atom. The minimum atomic E-state index is -0.228. The van der Waals surface area contributed by atoms with Crippen LogP contribution in [-0.2, 0) is 11.2 Å². The molecule has 1 aromatic rings. The lowest BCUT2D eigenvalue weighted by Gasteiger charge is -2.26. The Balaban J connectivity index is 1.80. The molecule has 6 heteroatoms. The Labute approximate surface area is 123 Å². The Bertz CT molecular complexity index is 559. The lowest BCUT2D eigenvalue weighted by molar-refractivity contribution is 0.0875. The third-order valence-electron chi connectivity index (χ3n) is 4.36. The van der Waals surface area contributed by atoms with Crippen LogP contribution in [0.5, 0.6) is 0 Å². The number of anilines is 1. The summed E-state index contributed by atoms with van der Waals surface area (Å²) in [4.78, 5) is 19.5. The predicted molar refractivity (Wildman–Crippen MR) is 81.3 cm³/mol. The van der Waals surface area contributed by atoms with Crippen LogP contribution in [0.4, 0.5) is 5.82 Å². The quantitative estimate of drug-likeness (QED) is 0.720. The van der Waals surface area contributed by atoms with Crippen molar-refractivity contribution >= 4 is 12.0 Å². The molecule has 6 nitrogen and oxygen atoms in total. The number of ether oxygens (including phenoxy) is 1. The molecule has 1 unspecified atom stereocenters. The minimum Gasteiger partial charge on any atom is -0.379 e. The number of nitrogens with zero attached hydrogens (tertiary/aromatic N) is 1. The van der Waals surface area contributed by atoms with Crippen molar-refractivity contribution in [3.05, 3.63) is 21.7 Å². The molecule has 3 rings (SSSR count). The molecule has 2 aliphatic rings. The molecule has 1 aromatic heterocycles. The van der Waals surface area contributed by atoms with Crippen LogP contribution in [0.3, 0.4) is 0 Å². The van der Waals surface area contributed by atoms with Crippen molar-refractivity contribution in [3.63, 3.8) is 0 Å². The van der Waals surface area contributed by atoms with E-state index in [4.69, 9.17) is 10.1 Å². The van der Waals surface area contributed by atoms with E-state index in [0.717, 1.165) is 37.9 Å². The number of nitrogens with one attached hydrogen (secondary N) is 3. The molecule has 0 radical (unpaired) electrons. The van der Waals surface area contributed by atoms with Crippen LogP contribution in [0.1, 0.15) is 43.5 Å². The SMILES string of the molecule is N=Cc1c(NC2CCCOC2)nc(CC2CCC2)[nH]c1=O. The van der Waals surface area contributed by atoms with Crippen molar-refractivity contribution < 1.29 is 4.74 Å². The van der Waals surface area contributed by atoms with E-state index in [1.807, 2.05) is 0 Å². The summed E-state index contributed by atoms with van der Waals surface area (Å²) in [6.07, 6.45) is 7.62. The zero-order valence-electron chi connectivity index (χ0n) is 12.2. The first kappa shape index (κ1) is 14.3. The summed E-state index contributed by atoms with van der Waals surface area (Å²) in [5.41, 5.74) is 0.0754. The smallest absolute Gasteiger partial charge is 0.261 e. The minimum absolute atomic E-state index is 0.170. The summed E-state index contributed by atoms with van der Waals surface area (Å²) in [5.74, 6) is 1.90. The van der Waals surface area contributed by atoms with E-state index >= 15 is 0 Å². The van der Waals surface area contributed by atoms with Gasteiger partial charge in [0.2, 0.25) is 0 Å². The standard InChI is InChI=1S/C15H22N4O2/c16-8-12-14(17-11-5-2-6-21-9-11)18-13(19-15(12)20)7-10-3-1-4-10/h8,10-11,16H,1-7,9H2,(H2,17,18,19,20). The van der Waals surface area contributed by atoms with E-state index in [9.17, 15) is 4.79 Å². The zero-order chi connectivity index (χ0) is 14.7. The van der Waals surface area contributed by atoms with Gasteiger partial charge in [0.15, 0.2) is 0 Å². The summed E-state index contributed by atoms with van der Waals surface area (Å²) < 4.78 is 5.45. The molecule has 1 aliphatic heterocycles. The van der Waals surface area contributed by atoms with Crippen LogP contribution in [0.15, 0.2) is 4.79 Å². The van der Waals surface area contributed by atoms with Crippen molar-refractivity contribution in [3.8, 4) is 0 Å². The highest BCUT2D eigenvalue weighted by molar-refractivity contribution is 5.83. The number of rotatable bonds is 5. The zero-order valence-corrected chi connectivity index (χ0v) is 12.2. The van der Waals surface area contributed by atoms with E-state index in [-0.39, 0.29) is 11.6 Å². The molecule has 2 fully saturated rings. The molecule has 0 amide bonds. The van der Waals surface area contributed by atoms with Gasteiger partial charge >= 0.3 is 0 Å². The van der Waals surface area contributed by atoms with Gasteiger partial charge in [0.05, 0.1) is 18.2 Å². The second-order valence-corrected chi connectivity index (χ2v) is 5.98. The number of hydrogen-bond acceptors (Lipinski definition) is 5. The second-order valence-electron chi connectivity index (χ2n) is 5.98. The third kappa shape index (κ3) is 3.32. The van der Waals surface area contributed by atoms with Crippen LogP contribution >= 0.6 is 0 Å². The van der Waals surface area contributed by atoms with Gasteiger partial charge in [0.1, 0.15) is 11.6 Å². The molecule has 3 N–H and O–H groups in total. The Morgan fingerprint density at radius 3 is 2.86 bits per heavy atom. The van der Waals surface area contributed by atoms with Gasteiger partial charge in [-0.1, -0.05) is 19.3 Å². The first-order chi connectivity index (χ1) is 10.3. The Hall–Kier alpha value is -1.69. The summed E-state index contributed by atoms with van der Waals surface area (Å²) in [6.45, 7) is 1.43. The Morgan fingerprint density at radius 1 is 1.38 bits per heavy atom. The van der Waals surface area contributed by atoms with E-state index in [1.165, 1.54) is 19.3 Å². The van der Waals surface area contributed by atoms with Crippen LogP contribution in [0, 0.1) is 11.3 Å². The summed E-state index contributed by atoms with van der Waals surface area (Å²) in [5, 5.41) is 10.7. The fraction of sp³-hybridized carbons (Fsp3) is 0.667. The topological polar surface area (TPSA) is 90.9 Å². The Kier molecular flexibility index (Phi) is 4.34. The second kappa shape index (κ2) is 6.39. The molecular weight excluding hydrogens is 268 g/mol. The number of H-pyrrole nitrogens is 1. The molecule has 1 atom stereocenters. The lowest BCUT2D eigenvalue weighted by Crippen LogP contribution is -2.32. The van der Waals surface area contributed by atoms with Gasteiger partial charge < -0.3 is 20.4 Å². The fourth-order valence-electron chi connectivity index (χ4n) is 2.89. The molecule has 0 bridgehead atoms. The lowest BCUT2D eigenvalue weighted by atomic mass is 9.83. The average Bonchev–Trinajstić information content (AvgIpc) is 2.44. The highest BCUT2D eigenvalue weighted by atomic mass is 16.5. The van der Waals surface area contributed by atoms with Crippen molar-refractivity contribution in [1.29, 1.82) is 5.41 Å². The molecule has 0 aromatic carbocycles. The van der Waals surface area contributed by atoms with Gasteiger partial charge in [0.25, 0.3) is 5.56 Å². The number of aromatic nitrogens is 2. The van der Waals surface area contributed by atoms with Crippen molar-refractivity contribution in [2.24, 2.45) is 5.92 Å². The molecule has 114 valence electrons. The van der Waals surface area contributed by atoms with Crippen molar-refractivity contribution in [2.45, 2.75) is 44.6 Å². The molecule has 21 heavy (non-hydrogen) atoms. The van der Waals surface area contributed by atoms with Crippen LogP contribution in [0.2, 0.25) is 0 Å². The van der Waals surface area contributed by atoms with E-state index < -0.39 is 0 Å². The normalized spacial score (nSPS) is 22.6. The molecule has 1 saturated carbocycles. The van der Waals surface area contributed by atoms with Gasteiger partial charge in [0, 0.05) is 19.2 Å². The van der Waals surface area contributed by atoms with Crippen molar-refractivity contribution in [1.82, 2.24) is 9.97 Å². The van der Waals surface area contributed by atoms with E-state index in [0.29, 0.717) is 23.9 Å². The van der Waals surface area contributed by atoms with Gasteiger partial charge in [-0.15, -0.1) is 0 Å². The van der Waals surface area contributed by atoms with Gasteiger partial charge in [-0.2, -0.15) is 0 Å². The summed E-state index contributed by atoms with van der Waals surface area (Å²) >= 11 is 0. The molecular formula is C15H22N4O2. The van der Waals surface area contributed by atoms with E-state index in [2.05, 4.69) is 15.3 Å². The molecule has 1 saturated heterocycles. The largest absolute Gasteiger partial charge is 0.379 e. The van der Waals surface area contributed by atoms with Gasteiger partial charge in [-0.05, 0) is 18.8 Å². The van der Waals surface area contributed by atoms with Crippen LogP contribution < -0.4 is 10.9 Å². The summed E-state index contributed by atoms with van der Waals surface area (Å²) in [7, 11) is 0. The number of aromatic amines is 1. The average molecular weight is 290 g/mol. The van der Waals surface area contributed by atoms with Crippen molar-refractivity contribution in [2.75, 3.05) is 18.5 Å². The highest BCUT2D eigenvalue weighted by Crippen LogP contribution is 2.29. The first-order valence-electron chi connectivity index (χ1n) is 7.74.